The smallest absolute Gasteiger partial charge is 0.361 e. The van der Waals surface area contributed by atoms with Crippen LogP contribution in [0.2, 0.25) is 0 Å². The summed E-state index contributed by atoms with van der Waals surface area (Å²) in [7, 11) is 5.93. The van der Waals surface area contributed by atoms with Crippen molar-refractivity contribution in [3.8, 4) is 0 Å². The molecule has 0 spiro atoms. The molecule has 358 valence electrons. The lowest BCUT2D eigenvalue weighted by atomic mass is 10.1. The van der Waals surface area contributed by atoms with E-state index in [9.17, 15) is 19.5 Å². The molecule has 0 aliphatic heterocycles. The van der Waals surface area contributed by atoms with E-state index < -0.39 is 24.3 Å². The lowest BCUT2D eigenvalue weighted by molar-refractivity contribution is -0.870. The second-order valence-electron chi connectivity index (χ2n) is 17.0. The highest BCUT2D eigenvalue weighted by molar-refractivity contribution is 5.71. The van der Waals surface area contributed by atoms with Crippen LogP contribution in [0, 0.1) is 0 Å². The van der Waals surface area contributed by atoms with Gasteiger partial charge in [-0.05, 0) is 77.0 Å². The lowest BCUT2D eigenvalue weighted by Gasteiger charge is -2.25. The minimum atomic E-state index is -1.52. The number of aliphatic carboxylic acids is 1. The van der Waals surface area contributed by atoms with Crippen molar-refractivity contribution in [2.24, 2.45) is 0 Å². The Bertz CT molecular complexity index is 1350. The monoisotopic (exact) mass is 881 g/mol. The average molecular weight is 881 g/mol. The van der Waals surface area contributed by atoms with Crippen LogP contribution in [0.15, 0.2) is 97.2 Å². The highest BCUT2D eigenvalue weighted by Gasteiger charge is 2.25. The first-order valence-electron chi connectivity index (χ1n) is 24.4. The van der Waals surface area contributed by atoms with Gasteiger partial charge in [-0.3, -0.25) is 9.59 Å². The normalized spacial score (nSPS) is 13.7. The SMILES string of the molecule is CC/C=C\C/C=C\C/C=C\C/C=C\C/C=C\C/C=C\C/C=C\C/C=C\CCCCCCC(=O)OC(COC(=O)CCCCCCCCCCC)COC(OCC[N+](C)(C)C)C(=O)O. The van der Waals surface area contributed by atoms with E-state index in [1.54, 1.807) is 0 Å². The summed E-state index contributed by atoms with van der Waals surface area (Å²) in [6, 6.07) is 0. The third-order valence-electron chi connectivity index (χ3n) is 9.86. The number of likely N-dealkylation sites (N-methyl/N-ethyl adjacent to an activating group) is 1. The molecule has 0 aliphatic carbocycles. The van der Waals surface area contributed by atoms with Crippen molar-refractivity contribution in [3.63, 3.8) is 0 Å². The zero-order valence-corrected chi connectivity index (χ0v) is 40.4. The van der Waals surface area contributed by atoms with E-state index in [1.165, 1.54) is 38.5 Å². The first-order chi connectivity index (χ1) is 30.6. The number of quaternary nitrogens is 1. The number of carboxylic acid groups (broad SMARTS) is 1. The van der Waals surface area contributed by atoms with Gasteiger partial charge in [0.05, 0.1) is 34.4 Å². The molecule has 0 amide bonds. The standard InChI is InChI=1S/C54H89NO8/c1-6-8-10-12-14-16-17-18-19-20-21-22-23-24-25-26-27-28-29-30-31-32-33-34-35-37-39-41-43-45-52(57)63-50(49-62-54(53(58)59)60-47-46-55(3,4)5)48-61-51(56)44-42-40-38-36-15-13-11-9-7-2/h8,10,14,16,18-19,21-22,24-25,27-28,30-31,33-34,50,54H,6-7,9,11-13,15,17,20,23,26,29,32,35-49H2,1-5H3/p+1/b10-8-,16-14-,19-18-,22-21-,25-24-,28-27-,31-30-,34-33-. The van der Waals surface area contributed by atoms with E-state index in [2.05, 4.69) is 111 Å². The molecule has 0 aromatic rings. The van der Waals surface area contributed by atoms with Crippen molar-refractivity contribution >= 4 is 17.9 Å². The van der Waals surface area contributed by atoms with Crippen molar-refractivity contribution in [2.75, 3.05) is 47.5 Å². The Morgan fingerprint density at radius 3 is 1.35 bits per heavy atom. The van der Waals surface area contributed by atoms with Crippen LogP contribution in [0.25, 0.3) is 0 Å². The van der Waals surface area contributed by atoms with Crippen molar-refractivity contribution in [2.45, 2.75) is 180 Å². The number of rotatable bonds is 43. The molecule has 0 aromatic carbocycles. The Morgan fingerprint density at radius 1 is 0.492 bits per heavy atom. The van der Waals surface area contributed by atoms with E-state index >= 15 is 0 Å². The molecule has 63 heavy (non-hydrogen) atoms. The summed E-state index contributed by atoms with van der Waals surface area (Å²) in [5.74, 6) is -2.06. The fraction of sp³-hybridized carbons (Fsp3) is 0.648. The van der Waals surface area contributed by atoms with E-state index in [4.69, 9.17) is 18.9 Å². The number of carbonyl (C=O) groups is 3. The van der Waals surface area contributed by atoms with E-state index in [0.717, 1.165) is 96.3 Å². The fourth-order valence-corrected chi connectivity index (χ4v) is 6.08. The van der Waals surface area contributed by atoms with Gasteiger partial charge in [0, 0.05) is 12.8 Å². The molecule has 9 nitrogen and oxygen atoms in total. The summed E-state index contributed by atoms with van der Waals surface area (Å²) in [5.41, 5.74) is 0. The first-order valence-corrected chi connectivity index (χ1v) is 24.4. The van der Waals surface area contributed by atoms with Gasteiger partial charge in [-0.1, -0.05) is 175 Å². The topological polar surface area (TPSA) is 108 Å². The molecule has 0 saturated heterocycles. The van der Waals surface area contributed by atoms with Crippen LogP contribution in [-0.2, 0) is 33.3 Å². The fourth-order valence-electron chi connectivity index (χ4n) is 6.08. The summed E-state index contributed by atoms with van der Waals surface area (Å²) in [6.45, 7) is 4.67. The summed E-state index contributed by atoms with van der Waals surface area (Å²) in [4.78, 5) is 37.1. The maximum absolute atomic E-state index is 12.8. The molecule has 1 N–H and O–H groups in total. The lowest BCUT2D eigenvalue weighted by Crippen LogP contribution is -2.40. The third kappa shape index (κ3) is 46.0. The van der Waals surface area contributed by atoms with Crippen LogP contribution in [0.5, 0.6) is 0 Å². The summed E-state index contributed by atoms with van der Waals surface area (Å²) in [6.07, 6.45) is 56.3. The summed E-state index contributed by atoms with van der Waals surface area (Å²) in [5, 5.41) is 9.63. The van der Waals surface area contributed by atoms with Gasteiger partial charge in [0.2, 0.25) is 0 Å². The van der Waals surface area contributed by atoms with E-state index in [0.29, 0.717) is 23.9 Å². The number of unbranched alkanes of at least 4 members (excludes halogenated alkanes) is 12. The summed E-state index contributed by atoms with van der Waals surface area (Å²) < 4.78 is 22.7. The third-order valence-corrected chi connectivity index (χ3v) is 9.86. The Hall–Kier alpha value is -3.79. The summed E-state index contributed by atoms with van der Waals surface area (Å²) >= 11 is 0. The number of esters is 2. The molecule has 0 saturated carbocycles. The molecule has 0 fully saturated rings. The zero-order valence-electron chi connectivity index (χ0n) is 40.4. The van der Waals surface area contributed by atoms with Crippen LogP contribution in [0.3, 0.4) is 0 Å². The van der Waals surface area contributed by atoms with Gasteiger partial charge >= 0.3 is 17.9 Å². The van der Waals surface area contributed by atoms with Crippen LogP contribution < -0.4 is 0 Å². The number of nitrogens with zero attached hydrogens (tertiary/aromatic N) is 1. The molecule has 0 heterocycles. The van der Waals surface area contributed by atoms with Gasteiger partial charge in [-0.15, -0.1) is 0 Å². The van der Waals surface area contributed by atoms with Crippen LogP contribution in [-0.4, -0.2) is 87.4 Å². The number of ether oxygens (including phenoxy) is 4. The maximum Gasteiger partial charge on any atom is 0.361 e. The minimum Gasteiger partial charge on any atom is -0.477 e. The van der Waals surface area contributed by atoms with Crippen LogP contribution in [0.1, 0.15) is 168 Å². The zero-order chi connectivity index (χ0) is 46.3. The van der Waals surface area contributed by atoms with Gasteiger partial charge in [0.15, 0.2) is 6.10 Å². The van der Waals surface area contributed by atoms with Gasteiger partial charge in [0.1, 0.15) is 13.2 Å². The Morgan fingerprint density at radius 2 is 0.905 bits per heavy atom. The van der Waals surface area contributed by atoms with E-state index in [-0.39, 0.29) is 32.2 Å². The number of carbonyl (C=O) groups excluding carboxylic acids is 2. The average Bonchev–Trinajstić information content (AvgIpc) is 3.24. The number of hydrogen-bond acceptors (Lipinski definition) is 7. The number of allylic oxidation sites excluding steroid dienone is 16. The minimum absolute atomic E-state index is 0.178. The Labute approximate surface area is 384 Å². The predicted molar refractivity (Wildman–Crippen MR) is 262 cm³/mol. The van der Waals surface area contributed by atoms with Gasteiger partial charge < -0.3 is 28.5 Å². The van der Waals surface area contributed by atoms with Gasteiger partial charge in [-0.2, -0.15) is 0 Å². The molecule has 2 atom stereocenters. The maximum atomic E-state index is 12.8. The van der Waals surface area contributed by atoms with Crippen LogP contribution in [0.4, 0.5) is 0 Å². The van der Waals surface area contributed by atoms with Gasteiger partial charge in [0.25, 0.3) is 6.29 Å². The van der Waals surface area contributed by atoms with Crippen LogP contribution >= 0.6 is 0 Å². The molecule has 0 radical (unpaired) electrons. The second kappa shape index (κ2) is 44.8. The number of carboxylic acids is 1. The largest absolute Gasteiger partial charge is 0.477 e. The molecular formula is C54H90NO8+. The molecule has 2 unspecified atom stereocenters. The molecule has 0 aliphatic rings. The first kappa shape index (κ1) is 59.2. The second-order valence-corrected chi connectivity index (χ2v) is 17.0. The molecular weight excluding hydrogens is 791 g/mol. The number of hydrogen-bond donors (Lipinski definition) is 1. The van der Waals surface area contributed by atoms with Gasteiger partial charge in [-0.25, -0.2) is 4.79 Å². The van der Waals surface area contributed by atoms with Crippen molar-refractivity contribution in [3.05, 3.63) is 97.2 Å². The molecule has 9 heteroatoms. The quantitative estimate of drug-likeness (QED) is 0.0212. The molecule has 0 aromatic heterocycles. The van der Waals surface area contributed by atoms with Crippen molar-refractivity contribution in [1.82, 2.24) is 0 Å². The van der Waals surface area contributed by atoms with E-state index in [1.807, 2.05) is 21.1 Å². The Kier molecular flexibility index (Phi) is 42.1. The molecule has 0 rings (SSSR count). The van der Waals surface area contributed by atoms with Crippen molar-refractivity contribution < 1.29 is 42.9 Å². The van der Waals surface area contributed by atoms with Crippen molar-refractivity contribution in [1.29, 1.82) is 0 Å². The predicted octanol–water partition coefficient (Wildman–Crippen LogP) is 13.4. The Balaban J connectivity index is 4.34. The highest BCUT2D eigenvalue weighted by Crippen LogP contribution is 2.13. The highest BCUT2D eigenvalue weighted by atomic mass is 16.7. The molecule has 0 bridgehead atoms.